The largest absolute Gasteiger partial charge is 0.456 e. The molecule has 2 aromatic rings. The average Bonchev–Trinajstić information content (AvgIpc) is 2.57. The molecule has 0 bridgehead atoms. The molecule has 26 heavy (non-hydrogen) atoms. The number of rotatable bonds is 8. The number of aryl methyl sites for hydroxylation is 1. The summed E-state index contributed by atoms with van der Waals surface area (Å²) in [5.41, 5.74) is 4.46. The van der Waals surface area contributed by atoms with Crippen LogP contribution in [0.4, 0.5) is 0 Å². The van der Waals surface area contributed by atoms with E-state index in [4.69, 9.17) is 9.38 Å². The molecule has 0 spiro atoms. The van der Waals surface area contributed by atoms with E-state index in [-0.39, 0.29) is 0 Å². The van der Waals surface area contributed by atoms with Crippen LogP contribution in [-0.2, 0) is 10.5 Å². The Kier molecular flexibility index (Phi) is 6.99. The third-order valence-electron chi connectivity index (χ3n) is 4.38. The van der Waals surface area contributed by atoms with Gasteiger partial charge in [0, 0.05) is 0 Å². The van der Waals surface area contributed by atoms with Crippen LogP contribution in [0.2, 0.25) is 38.8 Å². The highest BCUT2D eigenvalue weighted by Gasteiger charge is 2.28. The second kappa shape index (κ2) is 8.81. The van der Waals surface area contributed by atoms with E-state index in [2.05, 4.69) is 63.1 Å². The molecular formula is C22H31NOSi2. The molecule has 0 aliphatic carbocycles. The average molecular weight is 382 g/mol. The topological polar surface area (TPSA) is 33.0 Å². The molecule has 0 aliphatic rings. The zero-order valence-electron chi connectivity index (χ0n) is 16.8. The summed E-state index contributed by atoms with van der Waals surface area (Å²) in [5, 5.41) is 8.89. The molecule has 2 rings (SSSR count). The fourth-order valence-corrected chi connectivity index (χ4v) is 11.5. The van der Waals surface area contributed by atoms with Gasteiger partial charge in [-0.1, -0.05) is 42.8 Å². The van der Waals surface area contributed by atoms with Crippen LogP contribution in [0.15, 0.2) is 48.5 Å². The van der Waals surface area contributed by atoms with E-state index in [1.807, 2.05) is 24.3 Å². The summed E-state index contributed by atoms with van der Waals surface area (Å²) < 4.78 is 6.42. The van der Waals surface area contributed by atoms with Gasteiger partial charge in [0.1, 0.15) is 0 Å². The van der Waals surface area contributed by atoms with Crippen molar-refractivity contribution in [2.24, 2.45) is 0 Å². The Bertz CT molecular complexity index is 738. The van der Waals surface area contributed by atoms with Gasteiger partial charge in [-0.2, -0.15) is 5.26 Å². The Morgan fingerprint density at radius 2 is 1.35 bits per heavy atom. The molecule has 0 aromatic heterocycles. The minimum Gasteiger partial charge on any atom is -0.456 e. The first-order chi connectivity index (χ1) is 12.2. The van der Waals surface area contributed by atoms with Crippen molar-refractivity contribution in [2.45, 2.75) is 58.0 Å². The number of benzene rings is 2. The van der Waals surface area contributed by atoms with Crippen LogP contribution < -0.4 is 0 Å². The highest BCUT2D eigenvalue weighted by Crippen LogP contribution is 2.23. The highest BCUT2D eigenvalue weighted by molar-refractivity contribution is 6.84. The van der Waals surface area contributed by atoms with Crippen LogP contribution in [0.5, 0.6) is 0 Å². The lowest BCUT2D eigenvalue weighted by Gasteiger charge is -2.31. The maximum Gasteiger partial charge on any atom is 0.173 e. The van der Waals surface area contributed by atoms with Crippen molar-refractivity contribution >= 4 is 16.6 Å². The summed E-state index contributed by atoms with van der Waals surface area (Å²) in [7, 11) is -2.92. The molecule has 4 heteroatoms. The Hall–Kier alpha value is -1.68. The zero-order valence-corrected chi connectivity index (χ0v) is 18.8. The van der Waals surface area contributed by atoms with E-state index in [1.54, 1.807) is 0 Å². The molecule has 0 heterocycles. The number of hydrogen-bond acceptors (Lipinski definition) is 2. The predicted octanol–water partition coefficient (Wildman–Crippen LogP) is 6.60. The van der Waals surface area contributed by atoms with Gasteiger partial charge < -0.3 is 4.12 Å². The van der Waals surface area contributed by atoms with E-state index in [0.29, 0.717) is 5.56 Å². The SMILES string of the molecule is C[Si](C)(C)O[Si](C)(C)CCCCc1ccc(-c2ccc(C#N)cc2)cc1. The third-order valence-corrected chi connectivity index (χ3v) is 10.6. The minimum absolute atomic E-state index is 0.704. The van der Waals surface area contributed by atoms with Gasteiger partial charge >= 0.3 is 0 Å². The fourth-order valence-electron chi connectivity index (χ4n) is 3.36. The second-order valence-corrected chi connectivity index (χ2v) is 17.6. The molecular weight excluding hydrogens is 350 g/mol. The van der Waals surface area contributed by atoms with Crippen LogP contribution in [0, 0.1) is 11.3 Å². The van der Waals surface area contributed by atoms with Gasteiger partial charge in [0.05, 0.1) is 11.6 Å². The highest BCUT2D eigenvalue weighted by atomic mass is 28.4. The Morgan fingerprint density at radius 3 is 1.85 bits per heavy atom. The van der Waals surface area contributed by atoms with Gasteiger partial charge in [-0.25, -0.2) is 0 Å². The van der Waals surface area contributed by atoms with E-state index in [0.717, 1.165) is 12.0 Å². The van der Waals surface area contributed by atoms with Crippen LogP contribution in [0.25, 0.3) is 11.1 Å². The smallest absolute Gasteiger partial charge is 0.173 e. The molecule has 0 N–H and O–H groups in total. The van der Waals surface area contributed by atoms with Crippen LogP contribution in [-0.4, -0.2) is 16.6 Å². The molecule has 0 atom stereocenters. The van der Waals surface area contributed by atoms with Crippen molar-refractivity contribution in [3.63, 3.8) is 0 Å². The first kappa shape index (κ1) is 20.6. The first-order valence-electron chi connectivity index (χ1n) is 9.48. The Labute approximate surface area is 161 Å². The lowest BCUT2D eigenvalue weighted by molar-refractivity contribution is 0.541. The molecule has 0 amide bonds. The quantitative estimate of drug-likeness (QED) is 0.381. The Balaban J connectivity index is 1.83. The standard InChI is InChI=1S/C22H31NOSi2/c1-25(2,3)24-26(4,5)17-7-6-8-19-9-13-21(14-10-19)22-15-11-20(18-23)12-16-22/h9-16H,6-8,17H2,1-5H3. The Morgan fingerprint density at radius 1 is 0.808 bits per heavy atom. The first-order valence-corrected chi connectivity index (χ1v) is 16.0. The van der Waals surface area contributed by atoms with Crippen LogP contribution in [0.1, 0.15) is 24.0 Å². The maximum absolute atomic E-state index is 8.89. The molecule has 0 radical (unpaired) electrons. The van der Waals surface area contributed by atoms with Crippen molar-refractivity contribution in [3.05, 3.63) is 59.7 Å². The van der Waals surface area contributed by atoms with Gasteiger partial charge in [-0.15, -0.1) is 0 Å². The van der Waals surface area contributed by atoms with Crippen molar-refractivity contribution in [3.8, 4) is 17.2 Å². The summed E-state index contributed by atoms with van der Waals surface area (Å²) in [6, 6.07) is 20.0. The van der Waals surface area contributed by atoms with E-state index in [1.165, 1.54) is 30.0 Å². The molecule has 0 saturated heterocycles. The van der Waals surface area contributed by atoms with E-state index in [9.17, 15) is 0 Å². The molecule has 0 fully saturated rings. The summed E-state index contributed by atoms with van der Waals surface area (Å²) in [4.78, 5) is 0. The summed E-state index contributed by atoms with van der Waals surface area (Å²) in [6.45, 7) is 11.6. The summed E-state index contributed by atoms with van der Waals surface area (Å²) in [6.07, 6.45) is 3.61. The third kappa shape index (κ3) is 6.91. The monoisotopic (exact) mass is 381 g/mol. The van der Waals surface area contributed by atoms with Crippen molar-refractivity contribution in [1.82, 2.24) is 0 Å². The maximum atomic E-state index is 8.89. The molecule has 2 nitrogen and oxygen atoms in total. The molecule has 0 aliphatic heterocycles. The molecule has 0 unspecified atom stereocenters. The zero-order chi connectivity index (χ0) is 19.2. The second-order valence-electron chi connectivity index (χ2n) is 8.57. The van der Waals surface area contributed by atoms with Crippen LogP contribution >= 0.6 is 0 Å². The number of hydrogen-bond donors (Lipinski definition) is 0. The number of unbranched alkanes of at least 4 members (excludes halogenated alkanes) is 1. The predicted molar refractivity (Wildman–Crippen MR) is 116 cm³/mol. The van der Waals surface area contributed by atoms with Gasteiger partial charge in [0.15, 0.2) is 16.6 Å². The summed E-state index contributed by atoms with van der Waals surface area (Å²) in [5.74, 6) is 0. The molecule has 0 saturated carbocycles. The molecule has 2 aromatic carbocycles. The summed E-state index contributed by atoms with van der Waals surface area (Å²) >= 11 is 0. The van der Waals surface area contributed by atoms with Gasteiger partial charge in [0.25, 0.3) is 0 Å². The lowest BCUT2D eigenvalue weighted by atomic mass is 10.0. The number of nitriles is 1. The fraction of sp³-hybridized carbons (Fsp3) is 0.409. The van der Waals surface area contributed by atoms with Gasteiger partial charge in [-0.3, -0.25) is 0 Å². The van der Waals surface area contributed by atoms with Crippen molar-refractivity contribution < 1.29 is 4.12 Å². The normalized spacial score (nSPS) is 12.0. The number of nitrogens with zero attached hydrogens (tertiary/aromatic N) is 1. The van der Waals surface area contributed by atoms with Crippen molar-refractivity contribution in [1.29, 1.82) is 5.26 Å². The molecule has 138 valence electrons. The minimum atomic E-state index is -1.50. The van der Waals surface area contributed by atoms with E-state index < -0.39 is 16.6 Å². The van der Waals surface area contributed by atoms with Crippen LogP contribution in [0.3, 0.4) is 0 Å². The van der Waals surface area contributed by atoms with Crippen molar-refractivity contribution in [2.75, 3.05) is 0 Å². The van der Waals surface area contributed by atoms with Gasteiger partial charge in [-0.05, 0) is 80.4 Å². The lowest BCUT2D eigenvalue weighted by Crippen LogP contribution is -2.42. The van der Waals surface area contributed by atoms with Gasteiger partial charge in [0.2, 0.25) is 0 Å². The van der Waals surface area contributed by atoms with E-state index >= 15 is 0 Å².